The summed E-state index contributed by atoms with van der Waals surface area (Å²) in [6, 6.07) is 15.3. The number of urea groups is 1. The van der Waals surface area contributed by atoms with Crippen molar-refractivity contribution in [3.05, 3.63) is 71.4 Å². The summed E-state index contributed by atoms with van der Waals surface area (Å²) in [5.41, 5.74) is 1.90. The molecule has 8 nitrogen and oxygen atoms in total. The molecule has 0 unspecified atom stereocenters. The smallest absolute Gasteiger partial charge is 0.322 e. The normalized spacial score (nSPS) is 18.3. The van der Waals surface area contributed by atoms with Crippen LogP contribution in [0, 0.1) is 5.92 Å². The van der Waals surface area contributed by atoms with Crippen LogP contribution in [-0.4, -0.2) is 52.8 Å². The second kappa shape index (κ2) is 11.1. The molecule has 196 valence electrons. The van der Waals surface area contributed by atoms with Crippen molar-refractivity contribution in [3.8, 4) is 11.5 Å². The first-order valence-electron chi connectivity index (χ1n) is 12.9. The van der Waals surface area contributed by atoms with Gasteiger partial charge in [-0.05, 0) is 62.9 Å². The minimum Gasteiger partial charge on any atom is -0.457 e. The van der Waals surface area contributed by atoms with E-state index < -0.39 is 12.1 Å². The van der Waals surface area contributed by atoms with Gasteiger partial charge in [0.1, 0.15) is 17.5 Å². The number of hydrogen-bond donors (Lipinski definition) is 2. The van der Waals surface area contributed by atoms with Crippen LogP contribution in [0.2, 0.25) is 0 Å². The maximum absolute atomic E-state index is 14.0. The first kappa shape index (κ1) is 26.3. The van der Waals surface area contributed by atoms with Crippen molar-refractivity contribution in [1.82, 2.24) is 20.4 Å². The zero-order valence-corrected chi connectivity index (χ0v) is 22.2. The van der Waals surface area contributed by atoms with Crippen LogP contribution < -0.4 is 15.4 Å². The minimum atomic E-state index is -0.644. The fourth-order valence-electron chi connectivity index (χ4n) is 4.93. The van der Waals surface area contributed by atoms with Gasteiger partial charge in [0.25, 0.3) is 5.91 Å². The lowest BCUT2D eigenvalue weighted by Crippen LogP contribution is -2.50. The number of nitrogens with one attached hydrogen (secondary N) is 2. The van der Waals surface area contributed by atoms with E-state index >= 15 is 0 Å². The number of hydrogen-bond acceptors (Lipinski definition) is 4. The van der Waals surface area contributed by atoms with Gasteiger partial charge in [-0.2, -0.15) is 0 Å². The van der Waals surface area contributed by atoms with E-state index in [-0.39, 0.29) is 36.3 Å². The Morgan fingerprint density at radius 1 is 1.05 bits per heavy atom. The van der Waals surface area contributed by atoms with Crippen LogP contribution in [-0.2, 0) is 9.59 Å². The summed E-state index contributed by atoms with van der Waals surface area (Å²) in [4.78, 5) is 43.5. The number of nitrogens with zero attached hydrogens (tertiary/aromatic N) is 2. The van der Waals surface area contributed by atoms with Crippen molar-refractivity contribution in [3.63, 3.8) is 0 Å². The van der Waals surface area contributed by atoms with Gasteiger partial charge in [0, 0.05) is 12.6 Å². The van der Waals surface area contributed by atoms with Crippen molar-refractivity contribution in [1.29, 1.82) is 0 Å². The summed E-state index contributed by atoms with van der Waals surface area (Å²) >= 11 is 0. The lowest BCUT2D eigenvalue weighted by Gasteiger charge is -2.33. The van der Waals surface area contributed by atoms with Crippen molar-refractivity contribution >= 4 is 17.8 Å². The Bertz CT molecular complexity index is 1190. The molecule has 8 heteroatoms. The van der Waals surface area contributed by atoms with Gasteiger partial charge in [-0.25, -0.2) is 4.79 Å². The molecular weight excluding hydrogens is 468 g/mol. The highest BCUT2D eigenvalue weighted by Crippen LogP contribution is 2.38. The quantitative estimate of drug-likeness (QED) is 0.522. The van der Waals surface area contributed by atoms with E-state index in [1.165, 1.54) is 0 Å². The van der Waals surface area contributed by atoms with E-state index in [0.717, 1.165) is 5.56 Å². The van der Waals surface area contributed by atoms with E-state index in [0.29, 0.717) is 35.7 Å². The summed E-state index contributed by atoms with van der Waals surface area (Å²) in [7, 11) is 0. The summed E-state index contributed by atoms with van der Waals surface area (Å²) in [5, 5.41) is 5.98. The van der Waals surface area contributed by atoms with Gasteiger partial charge in [0.2, 0.25) is 5.91 Å². The predicted octanol–water partition coefficient (Wildman–Crippen LogP) is 4.60. The van der Waals surface area contributed by atoms with Crippen LogP contribution in [0.3, 0.4) is 0 Å². The van der Waals surface area contributed by atoms with E-state index in [4.69, 9.17) is 4.74 Å². The number of amides is 4. The van der Waals surface area contributed by atoms with Crippen LogP contribution in [0.15, 0.2) is 65.9 Å². The molecule has 2 aromatic rings. The molecule has 2 aromatic carbocycles. The van der Waals surface area contributed by atoms with E-state index in [1.54, 1.807) is 9.80 Å². The molecule has 4 amide bonds. The van der Waals surface area contributed by atoms with Crippen LogP contribution in [0.5, 0.6) is 11.5 Å². The van der Waals surface area contributed by atoms with Gasteiger partial charge < -0.3 is 20.3 Å². The van der Waals surface area contributed by atoms with Crippen molar-refractivity contribution in [2.75, 3.05) is 13.1 Å². The zero-order valence-electron chi connectivity index (χ0n) is 22.2. The predicted molar refractivity (Wildman–Crippen MR) is 142 cm³/mol. The highest BCUT2D eigenvalue weighted by atomic mass is 16.5. The van der Waals surface area contributed by atoms with E-state index in [9.17, 15) is 14.4 Å². The largest absolute Gasteiger partial charge is 0.457 e. The summed E-state index contributed by atoms with van der Waals surface area (Å²) in [5.74, 6) is 1.11. The molecule has 0 saturated carbocycles. The third kappa shape index (κ3) is 5.63. The molecule has 2 N–H and O–H groups in total. The average molecular weight is 505 g/mol. The highest BCUT2D eigenvalue weighted by molar-refractivity contribution is 6.03. The van der Waals surface area contributed by atoms with Gasteiger partial charge in [-0.15, -0.1) is 0 Å². The lowest BCUT2D eigenvalue weighted by atomic mass is 9.95. The fraction of sp³-hybridized carbons (Fsp3) is 0.414. The number of ether oxygens (including phenoxy) is 1. The molecule has 0 saturated heterocycles. The molecular formula is C29H36N4O4. The minimum absolute atomic E-state index is 0.0436. The highest BCUT2D eigenvalue weighted by Gasteiger charge is 2.47. The molecule has 2 atom stereocenters. The maximum atomic E-state index is 14.0. The number of carbonyl (C=O) groups excluding carboxylic acids is 3. The Morgan fingerprint density at radius 3 is 2.41 bits per heavy atom. The molecule has 0 radical (unpaired) electrons. The lowest BCUT2D eigenvalue weighted by molar-refractivity contribution is -0.137. The van der Waals surface area contributed by atoms with Crippen LogP contribution >= 0.6 is 0 Å². The Kier molecular flexibility index (Phi) is 7.86. The van der Waals surface area contributed by atoms with Crippen LogP contribution in [0.25, 0.3) is 0 Å². The van der Waals surface area contributed by atoms with Crippen LogP contribution in [0.1, 0.15) is 52.6 Å². The number of carbonyl (C=O) groups is 3. The SMILES string of the molecule is CCN1C(=O)N[C@@H](c2cccc(Oc3ccccc3)c2)C2=C1CN([C@@H](CC(C)C)C(=O)NC(C)C)C2=O. The molecule has 2 heterocycles. The fourth-order valence-corrected chi connectivity index (χ4v) is 4.93. The molecule has 0 spiro atoms. The van der Waals surface area contributed by atoms with Gasteiger partial charge >= 0.3 is 6.03 Å². The second-order valence-corrected chi connectivity index (χ2v) is 10.2. The molecule has 37 heavy (non-hydrogen) atoms. The third-order valence-electron chi connectivity index (χ3n) is 6.54. The van der Waals surface area contributed by atoms with Gasteiger partial charge in [-0.1, -0.05) is 44.2 Å². The molecule has 2 aliphatic heterocycles. The molecule has 0 bridgehead atoms. The number of para-hydroxylation sites is 1. The van der Waals surface area contributed by atoms with Crippen LogP contribution in [0.4, 0.5) is 4.79 Å². The molecule has 2 aliphatic rings. The maximum Gasteiger partial charge on any atom is 0.322 e. The third-order valence-corrected chi connectivity index (χ3v) is 6.54. The molecule has 0 aromatic heterocycles. The zero-order chi connectivity index (χ0) is 26.7. The van der Waals surface area contributed by atoms with Crippen molar-refractivity contribution in [2.45, 2.75) is 59.2 Å². The van der Waals surface area contributed by atoms with Gasteiger partial charge in [0.05, 0.1) is 23.9 Å². The Morgan fingerprint density at radius 2 is 1.76 bits per heavy atom. The first-order chi connectivity index (χ1) is 17.7. The van der Waals surface area contributed by atoms with E-state index in [1.807, 2.05) is 89.2 Å². The number of benzene rings is 2. The first-order valence-corrected chi connectivity index (χ1v) is 12.9. The summed E-state index contributed by atoms with van der Waals surface area (Å²) < 4.78 is 6.00. The second-order valence-electron chi connectivity index (χ2n) is 10.2. The van der Waals surface area contributed by atoms with Gasteiger partial charge in [0.15, 0.2) is 0 Å². The molecule has 0 fully saturated rings. The topological polar surface area (TPSA) is 91.0 Å². The Balaban J connectivity index is 1.69. The molecule has 0 aliphatic carbocycles. The van der Waals surface area contributed by atoms with Crippen molar-refractivity contribution < 1.29 is 19.1 Å². The standard InChI is InChI=1S/C29H36N4O4/c1-6-32-24-17-33(23(15-18(2)3)27(34)30-19(4)5)28(35)25(24)26(31-29(32)36)20-11-10-14-22(16-20)37-21-12-8-7-9-13-21/h7-14,16,18-19,23,26H,6,15,17H2,1-5H3,(H,30,34)(H,31,36)/t23-,26-/m0/s1. The van der Waals surface area contributed by atoms with Crippen molar-refractivity contribution in [2.24, 2.45) is 5.92 Å². The number of likely N-dealkylation sites (N-methyl/N-ethyl adjacent to an activating group) is 1. The van der Waals surface area contributed by atoms with E-state index in [2.05, 4.69) is 10.6 Å². The average Bonchev–Trinajstić information content (AvgIpc) is 3.19. The monoisotopic (exact) mass is 504 g/mol. The molecule has 4 rings (SSSR count). The Hall–Kier alpha value is -3.81. The summed E-state index contributed by atoms with van der Waals surface area (Å²) in [6.07, 6.45) is 0.531. The van der Waals surface area contributed by atoms with Gasteiger partial charge in [-0.3, -0.25) is 14.5 Å². The summed E-state index contributed by atoms with van der Waals surface area (Å²) in [6.45, 7) is 10.4. The number of rotatable bonds is 9. The Labute approximate surface area is 218 Å².